The van der Waals surface area contributed by atoms with Gasteiger partial charge in [-0.05, 0) is 56.2 Å². The fourth-order valence-electron chi connectivity index (χ4n) is 2.55. The summed E-state index contributed by atoms with van der Waals surface area (Å²) < 4.78 is 26.2. The van der Waals surface area contributed by atoms with Crippen LogP contribution in [0.15, 0.2) is 36.4 Å². The highest BCUT2D eigenvalue weighted by atomic mass is 19.2. The van der Waals surface area contributed by atoms with Crippen molar-refractivity contribution in [2.45, 2.75) is 26.8 Å². The molecule has 4 N–H and O–H groups in total. The molecule has 27 heavy (non-hydrogen) atoms. The van der Waals surface area contributed by atoms with Gasteiger partial charge in [-0.3, -0.25) is 9.59 Å². The van der Waals surface area contributed by atoms with Crippen LogP contribution in [-0.2, 0) is 9.59 Å². The number of hydrogen-bond donors (Lipinski definition) is 3. The summed E-state index contributed by atoms with van der Waals surface area (Å²) in [7, 11) is 0. The van der Waals surface area contributed by atoms with Crippen molar-refractivity contribution in [2.24, 2.45) is 0 Å². The molecule has 0 aliphatic heterocycles. The van der Waals surface area contributed by atoms with E-state index >= 15 is 0 Å². The molecule has 0 aliphatic rings. The van der Waals surface area contributed by atoms with Crippen LogP contribution in [0.25, 0.3) is 0 Å². The number of hydrogen-bond acceptors (Lipinski definition) is 2. The van der Waals surface area contributed by atoms with Gasteiger partial charge in [0.05, 0.1) is 6.54 Å². The van der Waals surface area contributed by atoms with Crippen molar-refractivity contribution in [3.8, 4) is 0 Å². The summed E-state index contributed by atoms with van der Waals surface area (Å²) in [5, 5.41) is 7.00. The van der Waals surface area contributed by atoms with Gasteiger partial charge in [0.2, 0.25) is 5.91 Å². The predicted molar refractivity (Wildman–Crippen MR) is 99.1 cm³/mol. The van der Waals surface area contributed by atoms with Crippen LogP contribution in [0.4, 0.5) is 14.5 Å². The lowest BCUT2D eigenvalue weighted by Gasteiger charge is -2.12. The molecule has 2 aromatic carbocycles. The van der Waals surface area contributed by atoms with Gasteiger partial charge in [0.25, 0.3) is 5.91 Å². The summed E-state index contributed by atoms with van der Waals surface area (Å²) in [6.45, 7) is 5.58. The van der Waals surface area contributed by atoms with Crippen LogP contribution < -0.4 is 16.0 Å². The van der Waals surface area contributed by atoms with E-state index < -0.39 is 11.6 Å². The molecule has 0 unspecified atom stereocenters. The monoisotopic (exact) mass is 376 g/mol. The Morgan fingerprint density at radius 2 is 1.81 bits per heavy atom. The molecule has 0 heterocycles. The lowest BCUT2D eigenvalue weighted by Crippen LogP contribution is -2.87. The molecule has 0 fully saturated rings. The Morgan fingerprint density at radius 3 is 2.52 bits per heavy atom. The summed E-state index contributed by atoms with van der Waals surface area (Å²) in [5.74, 6) is -2.45. The van der Waals surface area contributed by atoms with Crippen LogP contribution in [0.2, 0.25) is 0 Å². The Kier molecular flexibility index (Phi) is 7.01. The van der Waals surface area contributed by atoms with Crippen LogP contribution in [0, 0.1) is 25.5 Å². The minimum atomic E-state index is -0.916. The fraction of sp³-hybridized carbons (Fsp3) is 0.300. The third kappa shape index (κ3) is 5.86. The van der Waals surface area contributed by atoms with Crippen LogP contribution in [0.3, 0.4) is 0 Å². The molecular weight excluding hydrogens is 352 g/mol. The third-order valence-electron chi connectivity index (χ3n) is 4.45. The number of rotatable bonds is 7. The van der Waals surface area contributed by atoms with E-state index in [1.165, 1.54) is 6.07 Å². The van der Waals surface area contributed by atoms with Crippen LogP contribution in [0.1, 0.15) is 29.7 Å². The van der Waals surface area contributed by atoms with Crippen LogP contribution in [-0.4, -0.2) is 24.9 Å². The molecule has 2 aromatic rings. The van der Waals surface area contributed by atoms with E-state index in [0.717, 1.165) is 23.3 Å². The first-order valence-corrected chi connectivity index (χ1v) is 8.69. The third-order valence-corrected chi connectivity index (χ3v) is 4.45. The summed E-state index contributed by atoms with van der Waals surface area (Å²) in [4.78, 5) is 23.9. The van der Waals surface area contributed by atoms with Gasteiger partial charge in [-0.2, -0.15) is 0 Å². The van der Waals surface area contributed by atoms with E-state index in [1.54, 1.807) is 18.3 Å². The van der Waals surface area contributed by atoms with Gasteiger partial charge in [-0.15, -0.1) is 0 Å². The highest BCUT2D eigenvalue weighted by Crippen LogP contribution is 2.17. The number of anilines is 1. The second-order valence-corrected chi connectivity index (χ2v) is 6.47. The highest BCUT2D eigenvalue weighted by molar-refractivity contribution is 5.95. The first-order valence-electron chi connectivity index (χ1n) is 8.69. The molecule has 2 amide bonds. The van der Waals surface area contributed by atoms with Crippen molar-refractivity contribution in [3.63, 3.8) is 0 Å². The number of benzene rings is 2. The number of aryl methyl sites for hydroxylation is 1. The van der Waals surface area contributed by atoms with Gasteiger partial charge in [0, 0.05) is 11.3 Å². The average Bonchev–Trinajstić information content (AvgIpc) is 2.64. The number of carbonyl (C=O) groups is 2. The topological polar surface area (TPSA) is 74.8 Å². The normalized spacial score (nSPS) is 11.7. The number of quaternary nitrogens is 1. The maximum Gasteiger partial charge on any atom is 0.275 e. The molecule has 0 radical (unpaired) electrons. The molecule has 0 spiro atoms. The van der Waals surface area contributed by atoms with Gasteiger partial charge in [0.1, 0.15) is 6.04 Å². The Balaban J connectivity index is 1.77. The van der Waals surface area contributed by atoms with Gasteiger partial charge in [-0.1, -0.05) is 12.1 Å². The molecule has 2 rings (SSSR count). The largest absolute Gasteiger partial charge is 0.342 e. The zero-order chi connectivity index (χ0) is 20.0. The maximum atomic E-state index is 13.3. The van der Waals surface area contributed by atoms with Gasteiger partial charge >= 0.3 is 0 Å². The molecule has 0 saturated heterocycles. The Bertz CT molecular complexity index is 840. The predicted octanol–water partition coefficient (Wildman–Crippen LogP) is 1.96. The Morgan fingerprint density at radius 1 is 1.07 bits per heavy atom. The van der Waals surface area contributed by atoms with E-state index in [0.29, 0.717) is 11.3 Å². The van der Waals surface area contributed by atoms with Crippen LogP contribution >= 0.6 is 0 Å². The number of nitrogens with one attached hydrogen (secondary N) is 2. The van der Waals surface area contributed by atoms with Crippen molar-refractivity contribution in [1.82, 2.24) is 5.32 Å². The van der Waals surface area contributed by atoms with Crippen molar-refractivity contribution in [3.05, 3.63) is 64.7 Å². The minimum Gasteiger partial charge on any atom is -0.342 e. The van der Waals surface area contributed by atoms with E-state index in [-0.39, 0.29) is 30.9 Å². The summed E-state index contributed by atoms with van der Waals surface area (Å²) in [5.41, 5.74) is 3.34. The van der Waals surface area contributed by atoms with Gasteiger partial charge in [-0.25, -0.2) is 8.78 Å². The van der Waals surface area contributed by atoms with Gasteiger partial charge in [0.15, 0.2) is 18.2 Å². The summed E-state index contributed by atoms with van der Waals surface area (Å²) in [6.07, 6.45) is 0. The second-order valence-electron chi connectivity index (χ2n) is 6.47. The van der Waals surface area contributed by atoms with E-state index in [2.05, 4.69) is 10.6 Å². The second kappa shape index (κ2) is 9.23. The molecule has 5 nitrogen and oxygen atoms in total. The lowest BCUT2D eigenvalue weighted by molar-refractivity contribution is -0.682. The zero-order valence-electron chi connectivity index (χ0n) is 15.6. The van der Waals surface area contributed by atoms with Crippen molar-refractivity contribution < 1.29 is 23.7 Å². The maximum absolute atomic E-state index is 13.3. The SMILES string of the molecule is Cc1cccc(NC(=O)CNC(=O)C[NH2+][C@@H](C)c2ccc(F)c(F)c2)c1C. The first-order chi connectivity index (χ1) is 12.8. The highest BCUT2D eigenvalue weighted by Gasteiger charge is 2.14. The smallest absolute Gasteiger partial charge is 0.275 e. The lowest BCUT2D eigenvalue weighted by atomic mass is 10.1. The molecular formula is C20H24F2N3O2+. The van der Waals surface area contributed by atoms with Crippen molar-refractivity contribution in [2.75, 3.05) is 18.4 Å². The van der Waals surface area contributed by atoms with E-state index in [4.69, 9.17) is 0 Å². The molecule has 1 atom stereocenters. The molecule has 0 saturated carbocycles. The van der Waals surface area contributed by atoms with Gasteiger partial charge < -0.3 is 16.0 Å². The van der Waals surface area contributed by atoms with E-state index in [9.17, 15) is 18.4 Å². The number of nitrogens with two attached hydrogens (primary N) is 1. The van der Waals surface area contributed by atoms with E-state index in [1.807, 2.05) is 26.0 Å². The number of carbonyl (C=O) groups excluding carboxylic acids is 2. The summed E-state index contributed by atoms with van der Waals surface area (Å²) >= 11 is 0. The average molecular weight is 376 g/mol. The van der Waals surface area contributed by atoms with Crippen molar-refractivity contribution in [1.29, 1.82) is 0 Å². The Labute approximate surface area is 157 Å². The standard InChI is InChI=1S/C20H23F2N3O2/c1-12-5-4-6-18(13(12)2)25-20(27)11-24-19(26)10-23-14(3)15-7-8-16(21)17(22)9-15/h4-9,14,23H,10-11H2,1-3H3,(H,24,26)(H,25,27)/p+1/t14-/m0/s1. The zero-order valence-corrected chi connectivity index (χ0v) is 15.6. The minimum absolute atomic E-state index is 0.0664. The fourth-order valence-corrected chi connectivity index (χ4v) is 2.55. The molecule has 0 aliphatic carbocycles. The quantitative estimate of drug-likeness (QED) is 0.691. The molecule has 0 bridgehead atoms. The summed E-state index contributed by atoms with van der Waals surface area (Å²) in [6, 6.07) is 9.05. The van der Waals surface area contributed by atoms with Crippen molar-refractivity contribution >= 4 is 17.5 Å². The first kappa shape index (κ1) is 20.5. The Hall–Kier alpha value is -2.80. The molecule has 0 aromatic heterocycles. The van der Waals surface area contributed by atoms with Crippen LogP contribution in [0.5, 0.6) is 0 Å². The number of amides is 2. The molecule has 7 heteroatoms. The molecule has 144 valence electrons. The number of halogens is 2.